The highest BCUT2D eigenvalue weighted by molar-refractivity contribution is 5.85. The monoisotopic (exact) mass is 341 g/mol. The van der Waals surface area contributed by atoms with Crippen LogP contribution in [0.3, 0.4) is 0 Å². The van der Waals surface area contributed by atoms with Crippen LogP contribution >= 0.6 is 0 Å². The van der Waals surface area contributed by atoms with E-state index in [1.807, 2.05) is 0 Å². The minimum Gasteiger partial charge on any atom is -0.374 e. The summed E-state index contributed by atoms with van der Waals surface area (Å²) in [6.45, 7) is 11.1. The molecule has 0 spiro atoms. The van der Waals surface area contributed by atoms with Crippen LogP contribution in [-0.4, -0.2) is 104 Å². The molecular formula is C16H31N5O3. The normalized spacial score (nSPS) is 23.5. The summed E-state index contributed by atoms with van der Waals surface area (Å²) >= 11 is 0. The third kappa shape index (κ3) is 5.70. The Kier molecular flexibility index (Phi) is 7.41. The first-order valence-electron chi connectivity index (χ1n) is 8.82. The number of nitrogens with two attached hydrogens (primary N) is 1. The lowest BCUT2D eigenvalue weighted by molar-refractivity contribution is -0.134. The maximum atomic E-state index is 12.1. The van der Waals surface area contributed by atoms with E-state index in [2.05, 4.69) is 29.0 Å². The minimum absolute atomic E-state index is 0.0329. The first-order chi connectivity index (χ1) is 11.5. The molecule has 8 nitrogen and oxygen atoms in total. The zero-order chi connectivity index (χ0) is 17.5. The van der Waals surface area contributed by atoms with E-state index in [0.29, 0.717) is 19.1 Å². The summed E-state index contributed by atoms with van der Waals surface area (Å²) in [5, 5.41) is 2.53. The number of nitrogens with zero attached hydrogens (tertiary/aromatic N) is 3. The highest BCUT2D eigenvalue weighted by atomic mass is 16.5. The quantitative estimate of drug-likeness (QED) is 0.599. The van der Waals surface area contributed by atoms with E-state index in [9.17, 15) is 9.59 Å². The molecule has 2 saturated heterocycles. The number of carbonyl (C=O) groups is 2. The highest BCUT2D eigenvalue weighted by Gasteiger charge is 2.27. The van der Waals surface area contributed by atoms with Gasteiger partial charge in [0.15, 0.2) is 0 Å². The molecule has 2 fully saturated rings. The van der Waals surface area contributed by atoms with E-state index in [0.717, 1.165) is 39.3 Å². The average molecular weight is 341 g/mol. The molecule has 1 unspecified atom stereocenters. The van der Waals surface area contributed by atoms with Gasteiger partial charge in [0.25, 0.3) is 0 Å². The Morgan fingerprint density at radius 2 is 1.92 bits per heavy atom. The molecular weight excluding hydrogens is 310 g/mol. The van der Waals surface area contributed by atoms with Crippen molar-refractivity contribution < 1.29 is 14.3 Å². The van der Waals surface area contributed by atoms with E-state index < -0.39 is 0 Å². The summed E-state index contributed by atoms with van der Waals surface area (Å²) in [5.41, 5.74) is 5.21. The van der Waals surface area contributed by atoms with E-state index in [-0.39, 0.29) is 31.0 Å². The summed E-state index contributed by atoms with van der Waals surface area (Å²) in [4.78, 5) is 29.8. The fourth-order valence-corrected chi connectivity index (χ4v) is 3.15. The third-order valence-corrected chi connectivity index (χ3v) is 4.71. The molecule has 138 valence electrons. The SMILES string of the molecule is CC(C)N1CCOC(CN2CCN(C(=O)CNC(=O)CN)CC2)C1. The number of hydrogen-bond donors (Lipinski definition) is 2. The van der Waals surface area contributed by atoms with Crippen LogP contribution in [0.1, 0.15) is 13.8 Å². The Balaban J connectivity index is 1.69. The van der Waals surface area contributed by atoms with Crippen LogP contribution < -0.4 is 11.1 Å². The molecule has 2 amide bonds. The summed E-state index contributed by atoms with van der Waals surface area (Å²) in [6.07, 6.45) is 0.243. The van der Waals surface area contributed by atoms with Crippen molar-refractivity contribution in [2.45, 2.75) is 26.0 Å². The molecule has 2 aliphatic heterocycles. The van der Waals surface area contributed by atoms with Gasteiger partial charge in [-0.15, -0.1) is 0 Å². The standard InChI is InChI=1S/C16H31N5O3/c1-13(2)21-7-8-24-14(12-21)11-19-3-5-20(6-4-19)16(23)10-18-15(22)9-17/h13-14H,3-12,17H2,1-2H3,(H,18,22). The lowest BCUT2D eigenvalue weighted by atomic mass is 10.2. The van der Waals surface area contributed by atoms with Gasteiger partial charge >= 0.3 is 0 Å². The molecule has 24 heavy (non-hydrogen) atoms. The molecule has 3 N–H and O–H groups in total. The van der Waals surface area contributed by atoms with Crippen molar-refractivity contribution in [3.8, 4) is 0 Å². The second-order valence-electron chi connectivity index (χ2n) is 6.74. The van der Waals surface area contributed by atoms with Crippen LogP contribution in [0, 0.1) is 0 Å². The molecule has 0 aliphatic carbocycles. The molecule has 0 bridgehead atoms. The van der Waals surface area contributed by atoms with Gasteiger partial charge in [0.05, 0.1) is 25.8 Å². The van der Waals surface area contributed by atoms with Gasteiger partial charge in [0.2, 0.25) is 11.8 Å². The number of hydrogen-bond acceptors (Lipinski definition) is 6. The molecule has 2 heterocycles. The lowest BCUT2D eigenvalue weighted by Gasteiger charge is -2.40. The van der Waals surface area contributed by atoms with Crippen LogP contribution in [0.5, 0.6) is 0 Å². The zero-order valence-corrected chi connectivity index (χ0v) is 14.9. The van der Waals surface area contributed by atoms with Crippen LogP contribution in [0.25, 0.3) is 0 Å². The topological polar surface area (TPSA) is 91.1 Å². The van der Waals surface area contributed by atoms with Crippen LogP contribution in [-0.2, 0) is 14.3 Å². The smallest absolute Gasteiger partial charge is 0.242 e. The largest absolute Gasteiger partial charge is 0.374 e. The van der Waals surface area contributed by atoms with Crippen molar-refractivity contribution in [2.24, 2.45) is 5.73 Å². The maximum absolute atomic E-state index is 12.1. The fourth-order valence-electron chi connectivity index (χ4n) is 3.15. The van der Waals surface area contributed by atoms with Gasteiger partial charge in [0, 0.05) is 51.9 Å². The van der Waals surface area contributed by atoms with Gasteiger partial charge < -0.3 is 20.7 Å². The van der Waals surface area contributed by atoms with Gasteiger partial charge in [-0.2, -0.15) is 0 Å². The zero-order valence-electron chi connectivity index (χ0n) is 14.9. The van der Waals surface area contributed by atoms with E-state index in [1.165, 1.54) is 0 Å². The van der Waals surface area contributed by atoms with Crippen molar-refractivity contribution in [1.29, 1.82) is 0 Å². The molecule has 2 aliphatic rings. The van der Waals surface area contributed by atoms with Crippen molar-refractivity contribution >= 4 is 11.8 Å². The van der Waals surface area contributed by atoms with E-state index in [1.54, 1.807) is 4.90 Å². The summed E-state index contributed by atoms with van der Waals surface area (Å²) in [6, 6.07) is 0.551. The van der Waals surface area contributed by atoms with Crippen molar-refractivity contribution in [1.82, 2.24) is 20.0 Å². The molecule has 8 heteroatoms. The van der Waals surface area contributed by atoms with Crippen molar-refractivity contribution in [3.05, 3.63) is 0 Å². The summed E-state index contributed by atoms with van der Waals surface area (Å²) < 4.78 is 5.89. The van der Waals surface area contributed by atoms with Gasteiger partial charge in [-0.3, -0.25) is 19.4 Å². The number of rotatable bonds is 6. The Morgan fingerprint density at radius 3 is 2.54 bits per heavy atom. The third-order valence-electron chi connectivity index (χ3n) is 4.71. The molecule has 0 radical (unpaired) electrons. The minimum atomic E-state index is -0.300. The maximum Gasteiger partial charge on any atom is 0.242 e. The first kappa shape index (κ1) is 19.1. The van der Waals surface area contributed by atoms with E-state index in [4.69, 9.17) is 10.5 Å². The highest BCUT2D eigenvalue weighted by Crippen LogP contribution is 2.11. The summed E-state index contributed by atoms with van der Waals surface area (Å²) in [5.74, 6) is -0.345. The Bertz CT molecular complexity index is 424. The number of piperazine rings is 1. The van der Waals surface area contributed by atoms with Gasteiger partial charge in [-0.05, 0) is 13.8 Å². The second-order valence-corrected chi connectivity index (χ2v) is 6.74. The Morgan fingerprint density at radius 1 is 1.21 bits per heavy atom. The molecule has 0 aromatic rings. The van der Waals surface area contributed by atoms with Crippen LogP contribution in [0.2, 0.25) is 0 Å². The average Bonchev–Trinajstić information content (AvgIpc) is 2.60. The van der Waals surface area contributed by atoms with Crippen molar-refractivity contribution in [2.75, 3.05) is 65.5 Å². The second kappa shape index (κ2) is 9.31. The number of nitrogens with one attached hydrogen (secondary N) is 1. The molecule has 0 saturated carbocycles. The number of amides is 2. The lowest BCUT2D eigenvalue weighted by Crippen LogP contribution is -2.55. The van der Waals surface area contributed by atoms with Gasteiger partial charge in [-0.1, -0.05) is 0 Å². The molecule has 1 atom stereocenters. The van der Waals surface area contributed by atoms with Crippen LogP contribution in [0.4, 0.5) is 0 Å². The molecule has 2 rings (SSSR count). The summed E-state index contributed by atoms with van der Waals surface area (Å²) in [7, 11) is 0. The predicted octanol–water partition coefficient (Wildman–Crippen LogP) is -1.69. The molecule has 0 aromatic heterocycles. The van der Waals surface area contributed by atoms with Crippen molar-refractivity contribution in [3.63, 3.8) is 0 Å². The number of morpholine rings is 1. The number of ether oxygens (including phenoxy) is 1. The molecule has 0 aromatic carbocycles. The van der Waals surface area contributed by atoms with E-state index >= 15 is 0 Å². The van der Waals surface area contributed by atoms with Gasteiger partial charge in [-0.25, -0.2) is 0 Å². The van der Waals surface area contributed by atoms with Crippen LogP contribution in [0.15, 0.2) is 0 Å². The predicted molar refractivity (Wildman–Crippen MR) is 91.5 cm³/mol. The van der Waals surface area contributed by atoms with Gasteiger partial charge in [0.1, 0.15) is 0 Å². The first-order valence-corrected chi connectivity index (χ1v) is 8.82. The Hall–Kier alpha value is -1.22. The fraction of sp³-hybridized carbons (Fsp3) is 0.875. The Labute approximate surface area is 144 Å². The number of carbonyl (C=O) groups excluding carboxylic acids is 2.